The van der Waals surface area contributed by atoms with Gasteiger partial charge < -0.3 is 14.8 Å². The van der Waals surface area contributed by atoms with Crippen LogP contribution in [0.25, 0.3) is 0 Å². The molecule has 0 bridgehead atoms. The fourth-order valence-corrected chi connectivity index (χ4v) is 2.77. The van der Waals surface area contributed by atoms with Gasteiger partial charge in [0.25, 0.3) is 0 Å². The van der Waals surface area contributed by atoms with Crippen molar-refractivity contribution in [1.29, 1.82) is 0 Å². The zero-order valence-electron chi connectivity index (χ0n) is 13.1. The second-order valence-corrected chi connectivity index (χ2v) is 6.87. The first-order valence-electron chi connectivity index (χ1n) is 7.64. The van der Waals surface area contributed by atoms with E-state index in [1.165, 1.54) is 0 Å². The van der Waals surface area contributed by atoms with Gasteiger partial charge >= 0.3 is 5.97 Å². The van der Waals surface area contributed by atoms with Crippen LogP contribution in [0.15, 0.2) is 4.42 Å². The molecule has 0 aromatic carbocycles. The minimum atomic E-state index is -0.672. The molecule has 118 valence electrons. The number of rotatable bonds is 5. The minimum absolute atomic E-state index is 0.150. The van der Waals surface area contributed by atoms with Gasteiger partial charge in [-0.3, -0.25) is 4.79 Å². The third kappa shape index (κ3) is 4.27. The maximum absolute atomic E-state index is 11.2. The average Bonchev–Trinajstić information content (AvgIpc) is 2.88. The first-order valence-corrected chi connectivity index (χ1v) is 7.64. The van der Waals surface area contributed by atoms with E-state index in [4.69, 9.17) is 4.42 Å². The molecule has 0 aliphatic heterocycles. The summed E-state index contributed by atoms with van der Waals surface area (Å²) in [6.07, 6.45) is 3.90. The van der Waals surface area contributed by atoms with Crippen molar-refractivity contribution in [3.05, 3.63) is 11.8 Å². The normalized spacial score (nSPS) is 23.2. The Bertz CT molecular complexity index is 479. The highest BCUT2D eigenvalue weighted by Crippen LogP contribution is 2.29. The molecule has 6 heteroatoms. The van der Waals surface area contributed by atoms with Crippen molar-refractivity contribution in [2.75, 3.05) is 6.54 Å². The van der Waals surface area contributed by atoms with Gasteiger partial charge in [-0.25, -0.2) is 0 Å². The van der Waals surface area contributed by atoms with Gasteiger partial charge in [0, 0.05) is 5.41 Å². The molecule has 2 unspecified atom stereocenters. The lowest BCUT2D eigenvalue weighted by molar-refractivity contribution is -0.144. The van der Waals surface area contributed by atoms with Gasteiger partial charge in [0.2, 0.25) is 11.8 Å². The van der Waals surface area contributed by atoms with Crippen LogP contribution in [0.2, 0.25) is 0 Å². The lowest BCUT2D eigenvalue weighted by Crippen LogP contribution is -2.34. The number of nitrogens with one attached hydrogen (secondary N) is 1. The van der Waals surface area contributed by atoms with Gasteiger partial charge in [0.05, 0.1) is 12.5 Å². The predicted octanol–water partition coefficient (Wildman–Crippen LogP) is 2.35. The van der Waals surface area contributed by atoms with Gasteiger partial charge in [0.1, 0.15) is 0 Å². The maximum Gasteiger partial charge on any atom is 0.306 e. The third-order valence-electron chi connectivity index (χ3n) is 4.02. The molecule has 1 aromatic heterocycles. The molecule has 2 rings (SSSR count). The summed E-state index contributed by atoms with van der Waals surface area (Å²) >= 11 is 0. The van der Waals surface area contributed by atoms with Crippen molar-refractivity contribution >= 4 is 5.97 Å². The van der Waals surface area contributed by atoms with E-state index in [1.54, 1.807) is 0 Å². The second kappa shape index (κ2) is 6.56. The van der Waals surface area contributed by atoms with Crippen molar-refractivity contribution in [3.63, 3.8) is 0 Å². The van der Waals surface area contributed by atoms with Crippen LogP contribution in [-0.4, -0.2) is 27.8 Å². The highest BCUT2D eigenvalue weighted by Gasteiger charge is 2.30. The molecule has 0 radical (unpaired) electrons. The summed E-state index contributed by atoms with van der Waals surface area (Å²) < 4.78 is 5.61. The zero-order chi connectivity index (χ0) is 15.5. The molecular formula is C15H25N3O3. The van der Waals surface area contributed by atoms with E-state index in [0.29, 0.717) is 24.9 Å². The van der Waals surface area contributed by atoms with E-state index >= 15 is 0 Å². The Labute approximate surface area is 125 Å². The van der Waals surface area contributed by atoms with Crippen molar-refractivity contribution in [3.8, 4) is 0 Å². The Hall–Kier alpha value is -1.43. The number of hydrogen-bond acceptors (Lipinski definition) is 5. The standard InChI is InChI=1S/C15H25N3O3/c1-15(2,3)14-18-17-12(21-14)9-16-8-10-6-4-5-7-11(10)13(19)20/h10-11,16H,4-9H2,1-3H3,(H,19,20). The molecular weight excluding hydrogens is 270 g/mol. The van der Waals surface area contributed by atoms with Crippen molar-refractivity contribution < 1.29 is 14.3 Å². The van der Waals surface area contributed by atoms with Gasteiger partial charge in [-0.05, 0) is 25.3 Å². The van der Waals surface area contributed by atoms with Crippen LogP contribution in [0.5, 0.6) is 0 Å². The number of aliphatic carboxylic acids is 1. The van der Waals surface area contributed by atoms with E-state index in [0.717, 1.165) is 25.7 Å². The average molecular weight is 295 g/mol. The zero-order valence-corrected chi connectivity index (χ0v) is 13.1. The topological polar surface area (TPSA) is 88.2 Å². The lowest BCUT2D eigenvalue weighted by Gasteiger charge is -2.28. The summed E-state index contributed by atoms with van der Waals surface area (Å²) in [5, 5.41) is 20.6. The lowest BCUT2D eigenvalue weighted by atomic mass is 9.79. The largest absolute Gasteiger partial charge is 0.481 e. The molecule has 1 fully saturated rings. The molecule has 1 saturated carbocycles. The molecule has 0 saturated heterocycles. The maximum atomic E-state index is 11.2. The van der Waals surface area contributed by atoms with Gasteiger partial charge in [0.15, 0.2) is 0 Å². The summed E-state index contributed by atoms with van der Waals surface area (Å²) in [6.45, 7) is 7.25. The van der Waals surface area contributed by atoms with Crippen LogP contribution in [0, 0.1) is 11.8 Å². The Morgan fingerprint density at radius 3 is 2.67 bits per heavy atom. The quantitative estimate of drug-likeness (QED) is 0.867. The fraction of sp³-hybridized carbons (Fsp3) is 0.800. The molecule has 0 spiro atoms. The molecule has 1 aromatic rings. The molecule has 2 N–H and O–H groups in total. The molecule has 0 amide bonds. The Kier molecular flexibility index (Phi) is 4.98. The van der Waals surface area contributed by atoms with Crippen LogP contribution < -0.4 is 5.32 Å². The summed E-state index contributed by atoms with van der Waals surface area (Å²) in [5.41, 5.74) is -0.150. The summed E-state index contributed by atoms with van der Waals surface area (Å²) in [6, 6.07) is 0. The van der Waals surface area contributed by atoms with Crippen LogP contribution in [0.4, 0.5) is 0 Å². The van der Waals surface area contributed by atoms with E-state index in [1.807, 2.05) is 20.8 Å². The Morgan fingerprint density at radius 2 is 2.05 bits per heavy atom. The van der Waals surface area contributed by atoms with Crippen molar-refractivity contribution in [1.82, 2.24) is 15.5 Å². The Balaban J connectivity index is 1.83. The molecule has 1 heterocycles. The molecule has 6 nitrogen and oxygen atoms in total. The monoisotopic (exact) mass is 295 g/mol. The molecule has 1 aliphatic rings. The predicted molar refractivity (Wildman–Crippen MR) is 77.8 cm³/mol. The van der Waals surface area contributed by atoms with E-state index in [2.05, 4.69) is 15.5 Å². The Morgan fingerprint density at radius 1 is 1.33 bits per heavy atom. The van der Waals surface area contributed by atoms with Gasteiger partial charge in [-0.15, -0.1) is 10.2 Å². The summed E-state index contributed by atoms with van der Waals surface area (Å²) in [7, 11) is 0. The van der Waals surface area contributed by atoms with Gasteiger partial charge in [-0.1, -0.05) is 33.6 Å². The number of hydrogen-bond donors (Lipinski definition) is 2. The van der Waals surface area contributed by atoms with Gasteiger partial charge in [-0.2, -0.15) is 0 Å². The highest BCUT2D eigenvalue weighted by atomic mass is 16.4. The van der Waals surface area contributed by atoms with E-state index in [-0.39, 0.29) is 17.3 Å². The van der Waals surface area contributed by atoms with E-state index in [9.17, 15) is 9.90 Å². The highest BCUT2D eigenvalue weighted by molar-refractivity contribution is 5.70. The molecule has 1 aliphatic carbocycles. The summed E-state index contributed by atoms with van der Waals surface area (Å²) in [4.78, 5) is 11.2. The second-order valence-electron chi connectivity index (χ2n) is 6.87. The minimum Gasteiger partial charge on any atom is -0.481 e. The van der Waals surface area contributed by atoms with Crippen LogP contribution in [0.1, 0.15) is 58.2 Å². The first kappa shape index (κ1) is 15.9. The van der Waals surface area contributed by atoms with Crippen molar-refractivity contribution in [2.45, 2.75) is 58.4 Å². The first-order chi connectivity index (χ1) is 9.88. The molecule has 21 heavy (non-hydrogen) atoms. The van der Waals surface area contributed by atoms with E-state index < -0.39 is 5.97 Å². The fourth-order valence-electron chi connectivity index (χ4n) is 2.77. The molecule has 2 atom stereocenters. The van der Waals surface area contributed by atoms with Crippen LogP contribution in [0.3, 0.4) is 0 Å². The number of aromatic nitrogens is 2. The number of nitrogens with zero attached hydrogens (tertiary/aromatic N) is 2. The smallest absolute Gasteiger partial charge is 0.306 e. The third-order valence-corrected chi connectivity index (χ3v) is 4.02. The number of carboxylic acids is 1. The summed E-state index contributed by atoms with van der Waals surface area (Å²) in [5.74, 6) is 0.484. The SMILES string of the molecule is CC(C)(C)c1nnc(CNCC2CCCCC2C(=O)O)o1. The van der Waals surface area contributed by atoms with Crippen LogP contribution >= 0.6 is 0 Å². The van der Waals surface area contributed by atoms with Crippen LogP contribution in [-0.2, 0) is 16.8 Å². The van der Waals surface area contributed by atoms with Crippen molar-refractivity contribution in [2.24, 2.45) is 11.8 Å². The number of carboxylic acid groups (broad SMARTS) is 1. The number of carbonyl (C=O) groups is 1.